The fourth-order valence-electron chi connectivity index (χ4n) is 2.29. The molecule has 0 aliphatic carbocycles. The number of likely N-dealkylation sites (tertiary alicyclic amines) is 1. The number of nitrogens with one attached hydrogen (secondary N) is 1. The standard InChI is InChI=1S/C13H19N3O3S/c1-8-10(12(18)19)20-13(14-8)15-9(2)11(17)16-6-4-3-5-7-16/h9H,3-7H2,1-2H3,(H,14,15)(H,18,19). The Morgan fingerprint density at radius 1 is 1.35 bits per heavy atom. The fraction of sp³-hybridized carbons (Fsp3) is 0.615. The third kappa shape index (κ3) is 3.27. The summed E-state index contributed by atoms with van der Waals surface area (Å²) in [5, 5.41) is 12.5. The number of aromatic carboxylic acids is 1. The van der Waals surface area contributed by atoms with Gasteiger partial charge in [-0.05, 0) is 33.1 Å². The largest absolute Gasteiger partial charge is 0.477 e. The van der Waals surface area contributed by atoms with Gasteiger partial charge >= 0.3 is 5.97 Å². The van der Waals surface area contributed by atoms with E-state index in [1.807, 2.05) is 4.90 Å². The summed E-state index contributed by atoms with van der Waals surface area (Å²) in [6.07, 6.45) is 3.29. The van der Waals surface area contributed by atoms with Crippen molar-refractivity contribution in [3.63, 3.8) is 0 Å². The van der Waals surface area contributed by atoms with Gasteiger partial charge in [0.15, 0.2) is 5.13 Å². The molecule has 110 valence electrons. The highest BCUT2D eigenvalue weighted by molar-refractivity contribution is 7.17. The van der Waals surface area contributed by atoms with Crippen LogP contribution in [0.2, 0.25) is 0 Å². The van der Waals surface area contributed by atoms with Crippen molar-refractivity contribution in [1.82, 2.24) is 9.88 Å². The second kappa shape index (κ2) is 6.21. The zero-order valence-corrected chi connectivity index (χ0v) is 12.5. The minimum absolute atomic E-state index is 0.0504. The number of piperidine rings is 1. The monoisotopic (exact) mass is 297 g/mol. The van der Waals surface area contributed by atoms with Crippen molar-refractivity contribution in [2.45, 2.75) is 39.2 Å². The first-order chi connectivity index (χ1) is 9.49. The first kappa shape index (κ1) is 14.8. The average Bonchev–Trinajstić information content (AvgIpc) is 2.79. The molecular formula is C13H19N3O3S. The van der Waals surface area contributed by atoms with E-state index in [1.165, 1.54) is 6.42 Å². The molecule has 1 fully saturated rings. The zero-order chi connectivity index (χ0) is 14.7. The zero-order valence-electron chi connectivity index (χ0n) is 11.7. The summed E-state index contributed by atoms with van der Waals surface area (Å²) < 4.78 is 0. The third-order valence-corrected chi connectivity index (χ3v) is 4.45. The van der Waals surface area contributed by atoms with Crippen molar-refractivity contribution in [2.24, 2.45) is 0 Å². The van der Waals surface area contributed by atoms with Crippen LogP contribution in [0.3, 0.4) is 0 Å². The van der Waals surface area contributed by atoms with Gasteiger partial charge in [-0.2, -0.15) is 0 Å². The molecule has 2 heterocycles. The van der Waals surface area contributed by atoms with Crippen LogP contribution in [0, 0.1) is 6.92 Å². The van der Waals surface area contributed by atoms with Gasteiger partial charge in [0.25, 0.3) is 0 Å². The van der Waals surface area contributed by atoms with Gasteiger partial charge in [-0.25, -0.2) is 9.78 Å². The van der Waals surface area contributed by atoms with Gasteiger partial charge in [-0.1, -0.05) is 11.3 Å². The van der Waals surface area contributed by atoms with Crippen LogP contribution in [0.1, 0.15) is 41.6 Å². The Labute approximate surface area is 121 Å². The van der Waals surface area contributed by atoms with E-state index in [0.717, 1.165) is 37.3 Å². The van der Waals surface area contributed by atoms with E-state index >= 15 is 0 Å². The fourth-order valence-corrected chi connectivity index (χ4v) is 3.18. The van der Waals surface area contributed by atoms with Crippen LogP contribution in [0.4, 0.5) is 5.13 Å². The molecule has 1 aromatic heterocycles. The summed E-state index contributed by atoms with van der Waals surface area (Å²) in [5.74, 6) is -0.933. The van der Waals surface area contributed by atoms with E-state index in [2.05, 4.69) is 10.3 Å². The van der Waals surface area contributed by atoms with Crippen LogP contribution in [0.25, 0.3) is 0 Å². The maximum absolute atomic E-state index is 12.3. The second-order valence-corrected chi connectivity index (χ2v) is 5.99. The number of amides is 1. The Morgan fingerprint density at radius 2 is 2.00 bits per heavy atom. The molecule has 1 aliphatic rings. The molecule has 20 heavy (non-hydrogen) atoms. The Hall–Kier alpha value is -1.63. The van der Waals surface area contributed by atoms with E-state index in [1.54, 1.807) is 13.8 Å². The molecule has 0 radical (unpaired) electrons. The number of hydrogen-bond donors (Lipinski definition) is 2. The topological polar surface area (TPSA) is 82.5 Å². The molecule has 1 aliphatic heterocycles. The highest BCUT2D eigenvalue weighted by Gasteiger charge is 2.23. The molecule has 0 saturated carbocycles. The average molecular weight is 297 g/mol. The van der Waals surface area contributed by atoms with Gasteiger partial charge in [0, 0.05) is 13.1 Å². The summed E-state index contributed by atoms with van der Waals surface area (Å²) in [5.41, 5.74) is 0.475. The lowest BCUT2D eigenvalue weighted by atomic mass is 10.1. The van der Waals surface area contributed by atoms with Gasteiger partial charge < -0.3 is 15.3 Å². The van der Waals surface area contributed by atoms with Gasteiger partial charge in [0.05, 0.1) is 5.69 Å². The number of carbonyl (C=O) groups excluding carboxylic acids is 1. The molecule has 1 unspecified atom stereocenters. The quantitative estimate of drug-likeness (QED) is 0.887. The minimum atomic E-state index is -0.983. The van der Waals surface area contributed by atoms with Crippen molar-refractivity contribution in [3.05, 3.63) is 10.6 Å². The molecule has 1 atom stereocenters. The van der Waals surface area contributed by atoms with E-state index in [-0.39, 0.29) is 16.8 Å². The molecule has 0 bridgehead atoms. The van der Waals surface area contributed by atoms with Crippen molar-refractivity contribution >= 4 is 28.3 Å². The summed E-state index contributed by atoms with van der Waals surface area (Å²) in [6, 6.07) is -0.389. The molecule has 7 heteroatoms. The molecular weight excluding hydrogens is 278 g/mol. The molecule has 1 aromatic rings. The van der Waals surface area contributed by atoms with Gasteiger partial charge in [-0.15, -0.1) is 0 Å². The Morgan fingerprint density at radius 3 is 2.55 bits per heavy atom. The summed E-state index contributed by atoms with van der Waals surface area (Å²) in [6.45, 7) is 5.06. The lowest BCUT2D eigenvalue weighted by Crippen LogP contribution is -2.43. The van der Waals surface area contributed by atoms with Gasteiger partial charge in [0.1, 0.15) is 10.9 Å². The number of hydrogen-bond acceptors (Lipinski definition) is 5. The van der Waals surface area contributed by atoms with Crippen LogP contribution in [-0.4, -0.2) is 46.0 Å². The SMILES string of the molecule is Cc1nc(NC(C)C(=O)N2CCCCC2)sc1C(=O)O. The lowest BCUT2D eigenvalue weighted by molar-refractivity contribution is -0.132. The van der Waals surface area contributed by atoms with Crippen LogP contribution in [0.15, 0.2) is 0 Å². The molecule has 2 N–H and O–H groups in total. The smallest absolute Gasteiger partial charge is 0.347 e. The lowest BCUT2D eigenvalue weighted by Gasteiger charge is -2.29. The second-order valence-electron chi connectivity index (χ2n) is 4.99. The number of carbonyl (C=O) groups is 2. The Bertz CT molecular complexity index is 509. The molecule has 1 amide bonds. The van der Waals surface area contributed by atoms with Gasteiger partial charge in [-0.3, -0.25) is 4.79 Å². The number of carboxylic acids is 1. The number of nitrogens with zero attached hydrogens (tertiary/aromatic N) is 2. The molecule has 2 rings (SSSR count). The first-order valence-corrected chi connectivity index (χ1v) is 7.56. The molecule has 0 aromatic carbocycles. The van der Waals surface area contributed by atoms with E-state index in [0.29, 0.717) is 10.8 Å². The highest BCUT2D eigenvalue weighted by Crippen LogP contribution is 2.23. The maximum Gasteiger partial charge on any atom is 0.347 e. The molecule has 0 spiro atoms. The summed E-state index contributed by atoms with van der Waals surface area (Å²) >= 11 is 1.07. The number of thiazole rings is 1. The van der Waals surface area contributed by atoms with Crippen molar-refractivity contribution in [1.29, 1.82) is 0 Å². The van der Waals surface area contributed by atoms with Gasteiger partial charge in [0.2, 0.25) is 5.91 Å². The normalized spacial score (nSPS) is 16.8. The minimum Gasteiger partial charge on any atom is -0.477 e. The van der Waals surface area contributed by atoms with Crippen LogP contribution >= 0.6 is 11.3 Å². The van der Waals surface area contributed by atoms with Crippen LogP contribution in [-0.2, 0) is 4.79 Å². The number of carboxylic acid groups (broad SMARTS) is 1. The molecule has 6 nitrogen and oxygen atoms in total. The predicted molar refractivity (Wildman–Crippen MR) is 77.3 cm³/mol. The third-order valence-electron chi connectivity index (χ3n) is 3.37. The number of anilines is 1. The number of aromatic nitrogens is 1. The van der Waals surface area contributed by atoms with Crippen molar-refractivity contribution in [2.75, 3.05) is 18.4 Å². The Kier molecular flexibility index (Phi) is 4.59. The maximum atomic E-state index is 12.3. The summed E-state index contributed by atoms with van der Waals surface area (Å²) in [7, 11) is 0. The predicted octanol–water partition coefficient (Wildman–Crippen LogP) is 1.96. The highest BCUT2D eigenvalue weighted by atomic mass is 32.1. The van der Waals surface area contributed by atoms with Crippen molar-refractivity contribution < 1.29 is 14.7 Å². The summed E-state index contributed by atoms with van der Waals surface area (Å²) in [4.78, 5) is 29.5. The van der Waals surface area contributed by atoms with E-state index < -0.39 is 5.97 Å². The van der Waals surface area contributed by atoms with E-state index in [4.69, 9.17) is 5.11 Å². The van der Waals surface area contributed by atoms with Crippen molar-refractivity contribution in [3.8, 4) is 0 Å². The van der Waals surface area contributed by atoms with E-state index in [9.17, 15) is 9.59 Å². The molecule has 1 saturated heterocycles. The number of rotatable bonds is 4. The number of aryl methyl sites for hydroxylation is 1. The van der Waals surface area contributed by atoms with Crippen LogP contribution < -0.4 is 5.32 Å². The Balaban J connectivity index is 1.99. The first-order valence-electron chi connectivity index (χ1n) is 6.75. The van der Waals surface area contributed by atoms with Crippen LogP contribution in [0.5, 0.6) is 0 Å².